The Labute approximate surface area is 166 Å². The molecule has 8 heteroatoms. The number of nitrogens with one attached hydrogen (secondary N) is 1. The molecule has 0 atom stereocenters. The Morgan fingerprint density at radius 2 is 1.96 bits per heavy atom. The molecule has 0 bridgehead atoms. The second kappa shape index (κ2) is 8.75. The molecule has 0 amide bonds. The van der Waals surface area contributed by atoms with Crippen LogP contribution in [0.25, 0.3) is 22.4 Å². The molecule has 0 fully saturated rings. The summed E-state index contributed by atoms with van der Waals surface area (Å²) in [4.78, 5) is 16.7. The number of halogens is 2. The van der Waals surface area contributed by atoms with Gasteiger partial charge in [-0.25, -0.2) is 14.4 Å². The Morgan fingerprint density at radius 3 is 2.68 bits per heavy atom. The smallest absolute Gasteiger partial charge is 0.192 e. The SMILES string of the molecule is CC.Cc1nc2cc(Cl)c(-c3cnc(NCc4ccncc4F)cn3)cc2o1. The number of hydrogen-bond donors (Lipinski definition) is 1. The van der Waals surface area contributed by atoms with Crippen molar-refractivity contribution >= 4 is 28.5 Å². The van der Waals surface area contributed by atoms with Crippen LogP contribution in [-0.2, 0) is 6.54 Å². The van der Waals surface area contributed by atoms with Crippen LogP contribution in [0.1, 0.15) is 25.3 Å². The van der Waals surface area contributed by atoms with Crippen LogP contribution >= 0.6 is 11.6 Å². The summed E-state index contributed by atoms with van der Waals surface area (Å²) in [7, 11) is 0. The molecule has 0 aliphatic heterocycles. The topological polar surface area (TPSA) is 76.7 Å². The fourth-order valence-corrected chi connectivity index (χ4v) is 2.81. The van der Waals surface area contributed by atoms with Gasteiger partial charge in [-0.2, -0.15) is 0 Å². The van der Waals surface area contributed by atoms with Crippen molar-refractivity contribution in [3.8, 4) is 11.3 Å². The fourth-order valence-electron chi connectivity index (χ4n) is 2.55. The van der Waals surface area contributed by atoms with Gasteiger partial charge in [-0.1, -0.05) is 25.4 Å². The highest BCUT2D eigenvalue weighted by molar-refractivity contribution is 6.34. The minimum Gasteiger partial charge on any atom is -0.441 e. The van der Waals surface area contributed by atoms with E-state index in [-0.39, 0.29) is 12.4 Å². The molecule has 0 aliphatic carbocycles. The number of anilines is 1. The Bertz CT molecular complexity index is 1080. The molecule has 3 heterocycles. The molecule has 1 aromatic carbocycles. The van der Waals surface area contributed by atoms with Gasteiger partial charge in [0.1, 0.15) is 17.2 Å². The number of benzene rings is 1. The van der Waals surface area contributed by atoms with Crippen LogP contribution in [0.2, 0.25) is 5.02 Å². The van der Waals surface area contributed by atoms with E-state index < -0.39 is 0 Å². The predicted molar refractivity (Wildman–Crippen MR) is 108 cm³/mol. The summed E-state index contributed by atoms with van der Waals surface area (Å²) in [6.07, 6.45) is 5.88. The van der Waals surface area contributed by atoms with E-state index in [1.807, 2.05) is 13.8 Å². The van der Waals surface area contributed by atoms with Crippen LogP contribution < -0.4 is 5.32 Å². The zero-order valence-corrected chi connectivity index (χ0v) is 16.5. The standard InChI is InChI=1S/C18H13ClFN5O.C2H6/c1-10-25-15-5-13(19)12(4-17(15)26-10)16-8-24-18(9-22-16)23-6-11-2-3-21-7-14(11)20;1-2/h2-5,7-9H,6H2,1H3,(H,23,24);1-2H3. The maximum absolute atomic E-state index is 13.6. The minimum absolute atomic E-state index is 0.284. The first-order valence-corrected chi connectivity index (χ1v) is 9.19. The van der Waals surface area contributed by atoms with Crippen molar-refractivity contribution in [3.05, 3.63) is 65.3 Å². The third kappa shape index (κ3) is 4.26. The lowest BCUT2D eigenvalue weighted by atomic mass is 10.1. The van der Waals surface area contributed by atoms with Crippen molar-refractivity contribution in [1.29, 1.82) is 0 Å². The van der Waals surface area contributed by atoms with E-state index in [1.54, 1.807) is 37.5 Å². The van der Waals surface area contributed by atoms with Crippen LogP contribution in [0.5, 0.6) is 0 Å². The summed E-state index contributed by atoms with van der Waals surface area (Å²) < 4.78 is 19.1. The first-order valence-electron chi connectivity index (χ1n) is 8.81. The van der Waals surface area contributed by atoms with E-state index in [0.717, 1.165) is 0 Å². The Hall–Kier alpha value is -3.06. The molecule has 0 saturated heterocycles. The fraction of sp³-hybridized carbons (Fsp3) is 0.200. The van der Waals surface area contributed by atoms with Gasteiger partial charge in [-0.3, -0.25) is 9.97 Å². The van der Waals surface area contributed by atoms with E-state index in [2.05, 4.69) is 25.3 Å². The molecule has 0 saturated carbocycles. The number of hydrogen-bond acceptors (Lipinski definition) is 6. The van der Waals surface area contributed by atoms with Crippen molar-refractivity contribution < 1.29 is 8.81 Å². The highest BCUT2D eigenvalue weighted by Crippen LogP contribution is 2.31. The Balaban J connectivity index is 0.00000109. The van der Waals surface area contributed by atoms with Gasteiger partial charge in [0.05, 0.1) is 29.3 Å². The summed E-state index contributed by atoms with van der Waals surface area (Å²) in [5, 5.41) is 3.54. The van der Waals surface area contributed by atoms with Crippen LogP contribution in [0, 0.1) is 12.7 Å². The number of nitrogens with zero attached hydrogens (tertiary/aromatic N) is 4. The molecule has 144 valence electrons. The number of aryl methyl sites for hydroxylation is 1. The second-order valence-electron chi connectivity index (χ2n) is 5.64. The van der Waals surface area contributed by atoms with Crippen molar-refractivity contribution in [1.82, 2.24) is 19.9 Å². The molecule has 0 unspecified atom stereocenters. The summed E-state index contributed by atoms with van der Waals surface area (Å²) in [5.41, 5.74) is 3.14. The highest BCUT2D eigenvalue weighted by atomic mass is 35.5. The zero-order chi connectivity index (χ0) is 20.1. The van der Waals surface area contributed by atoms with Gasteiger partial charge in [-0.15, -0.1) is 0 Å². The van der Waals surface area contributed by atoms with Crippen molar-refractivity contribution in [2.75, 3.05) is 5.32 Å². The first-order chi connectivity index (χ1) is 13.6. The number of fused-ring (bicyclic) bond motifs is 1. The third-order valence-electron chi connectivity index (χ3n) is 3.83. The van der Waals surface area contributed by atoms with E-state index in [1.165, 1.54) is 12.4 Å². The lowest BCUT2D eigenvalue weighted by Crippen LogP contribution is -2.04. The number of aromatic nitrogens is 4. The largest absolute Gasteiger partial charge is 0.441 e. The quantitative estimate of drug-likeness (QED) is 0.493. The highest BCUT2D eigenvalue weighted by Gasteiger charge is 2.11. The number of oxazole rings is 1. The predicted octanol–water partition coefficient (Wildman–Crippen LogP) is 5.42. The van der Waals surface area contributed by atoms with E-state index in [0.29, 0.717) is 44.7 Å². The van der Waals surface area contributed by atoms with Crippen molar-refractivity contribution in [2.45, 2.75) is 27.3 Å². The molecule has 4 rings (SSSR count). The second-order valence-corrected chi connectivity index (χ2v) is 6.05. The number of rotatable bonds is 4. The lowest BCUT2D eigenvalue weighted by Gasteiger charge is -2.07. The first kappa shape index (κ1) is 19.7. The molecule has 0 radical (unpaired) electrons. The summed E-state index contributed by atoms with van der Waals surface area (Å²) in [6, 6.07) is 5.14. The van der Waals surface area contributed by atoms with Crippen molar-refractivity contribution in [3.63, 3.8) is 0 Å². The maximum atomic E-state index is 13.6. The zero-order valence-electron chi connectivity index (χ0n) is 15.7. The molecule has 28 heavy (non-hydrogen) atoms. The Kier molecular flexibility index (Phi) is 6.16. The van der Waals surface area contributed by atoms with E-state index >= 15 is 0 Å². The summed E-state index contributed by atoms with van der Waals surface area (Å²) in [6.45, 7) is 6.06. The number of pyridine rings is 1. The van der Waals surface area contributed by atoms with E-state index in [4.69, 9.17) is 16.0 Å². The van der Waals surface area contributed by atoms with Crippen LogP contribution in [0.15, 0.2) is 47.4 Å². The lowest BCUT2D eigenvalue weighted by molar-refractivity contribution is 0.561. The minimum atomic E-state index is -0.369. The molecular formula is C20H19ClFN5O. The molecule has 1 N–H and O–H groups in total. The third-order valence-corrected chi connectivity index (χ3v) is 4.14. The molecule has 6 nitrogen and oxygen atoms in total. The average molecular weight is 400 g/mol. The summed E-state index contributed by atoms with van der Waals surface area (Å²) >= 11 is 6.33. The molecular weight excluding hydrogens is 381 g/mol. The Morgan fingerprint density at radius 1 is 1.14 bits per heavy atom. The van der Waals surface area contributed by atoms with Gasteiger partial charge >= 0.3 is 0 Å². The normalized spacial score (nSPS) is 10.5. The average Bonchev–Trinajstić information content (AvgIpc) is 3.07. The van der Waals surface area contributed by atoms with Crippen LogP contribution in [-0.4, -0.2) is 19.9 Å². The van der Waals surface area contributed by atoms with Crippen molar-refractivity contribution in [2.24, 2.45) is 0 Å². The molecule has 4 aromatic rings. The van der Waals surface area contributed by atoms with Crippen LogP contribution in [0.4, 0.5) is 10.2 Å². The van der Waals surface area contributed by atoms with Gasteiger partial charge in [0, 0.05) is 30.8 Å². The monoisotopic (exact) mass is 399 g/mol. The summed E-state index contributed by atoms with van der Waals surface area (Å²) in [5.74, 6) is 0.729. The molecule has 3 aromatic heterocycles. The van der Waals surface area contributed by atoms with Gasteiger partial charge in [0.15, 0.2) is 11.5 Å². The van der Waals surface area contributed by atoms with E-state index in [9.17, 15) is 4.39 Å². The van der Waals surface area contributed by atoms with Crippen LogP contribution in [0.3, 0.4) is 0 Å². The van der Waals surface area contributed by atoms with Gasteiger partial charge in [0.25, 0.3) is 0 Å². The maximum Gasteiger partial charge on any atom is 0.192 e. The van der Waals surface area contributed by atoms with Gasteiger partial charge in [-0.05, 0) is 18.2 Å². The molecule has 0 spiro atoms. The van der Waals surface area contributed by atoms with Gasteiger partial charge < -0.3 is 9.73 Å². The van der Waals surface area contributed by atoms with Gasteiger partial charge in [0.2, 0.25) is 0 Å². The molecule has 0 aliphatic rings.